The van der Waals surface area contributed by atoms with Gasteiger partial charge in [0.1, 0.15) is 0 Å². The fraction of sp³-hybridized carbons (Fsp3) is 0.200. The van der Waals surface area contributed by atoms with Crippen molar-refractivity contribution < 1.29 is 9.72 Å². The molecule has 1 amide bonds. The van der Waals surface area contributed by atoms with Crippen molar-refractivity contribution in [2.75, 3.05) is 5.73 Å². The molecule has 0 radical (unpaired) electrons. The summed E-state index contributed by atoms with van der Waals surface area (Å²) in [5.74, 6) is -0.396. The lowest BCUT2D eigenvalue weighted by Gasteiger charge is -2.09. The van der Waals surface area contributed by atoms with E-state index in [1.807, 2.05) is 12.1 Å². The first-order valence-electron chi connectivity index (χ1n) is 6.70. The Hall–Kier alpha value is -2.96. The number of hydrogen-bond acceptors (Lipinski definition) is 5. The van der Waals surface area contributed by atoms with Gasteiger partial charge in [0.25, 0.3) is 5.91 Å². The zero-order valence-corrected chi connectivity index (χ0v) is 12.0. The number of carbonyl (C=O) groups is 1. The van der Waals surface area contributed by atoms with E-state index in [9.17, 15) is 14.9 Å². The molecule has 7 nitrogen and oxygen atoms in total. The van der Waals surface area contributed by atoms with Crippen LogP contribution in [0.1, 0.15) is 18.9 Å². The first-order valence-corrected chi connectivity index (χ1v) is 6.70. The van der Waals surface area contributed by atoms with Crippen molar-refractivity contribution in [2.24, 2.45) is 5.10 Å². The van der Waals surface area contributed by atoms with E-state index in [0.717, 1.165) is 5.56 Å². The van der Waals surface area contributed by atoms with Gasteiger partial charge in [-0.25, -0.2) is 5.43 Å². The van der Waals surface area contributed by atoms with Crippen molar-refractivity contribution in [3.63, 3.8) is 0 Å². The second-order valence-corrected chi connectivity index (χ2v) is 4.87. The minimum atomic E-state index is -0.767. The summed E-state index contributed by atoms with van der Waals surface area (Å²) in [6.07, 6.45) is 4.59. The van der Waals surface area contributed by atoms with Gasteiger partial charge in [0.05, 0.1) is 5.71 Å². The normalized spacial score (nSPS) is 17.8. The SMILES string of the molecule is C/C(=N/NC(=O)C1=CC[C@H]([N+](=O)[O-])C=C1)c1ccc(N)cc1. The number of hydrazone groups is 1. The molecule has 0 saturated carbocycles. The molecule has 1 aromatic carbocycles. The molecular formula is C15H16N4O3. The molecule has 0 fully saturated rings. The van der Waals surface area contributed by atoms with Gasteiger partial charge in [-0.1, -0.05) is 18.2 Å². The molecule has 0 aliphatic heterocycles. The minimum absolute atomic E-state index is 0.201. The Balaban J connectivity index is 1.98. The third-order valence-electron chi connectivity index (χ3n) is 3.26. The third-order valence-corrected chi connectivity index (χ3v) is 3.26. The second kappa shape index (κ2) is 6.66. The molecule has 1 atom stereocenters. The van der Waals surface area contributed by atoms with Crippen molar-refractivity contribution in [3.05, 3.63) is 63.7 Å². The first-order chi connectivity index (χ1) is 10.5. The van der Waals surface area contributed by atoms with E-state index in [4.69, 9.17) is 5.73 Å². The molecule has 22 heavy (non-hydrogen) atoms. The Kier molecular flexibility index (Phi) is 4.67. The Morgan fingerprint density at radius 3 is 2.64 bits per heavy atom. The monoisotopic (exact) mass is 300 g/mol. The lowest BCUT2D eigenvalue weighted by molar-refractivity contribution is -0.508. The van der Waals surface area contributed by atoms with Crippen LogP contribution in [0, 0.1) is 10.1 Å². The highest BCUT2D eigenvalue weighted by Gasteiger charge is 2.20. The summed E-state index contributed by atoms with van der Waals surface area (Å²) in [6, 6.07) is 6.35. The number of nitrogens with one attached hydrogen (secondary N) is 1. The van der Waals surface area contributed by atoms with Gasteiger partial charge in [-0.2, -0.15) is 5.10 Å². The van der Waals surface area contributed by atoms with Crippen LogP contribution in [0.3, 0.4) is 0 Å². The van der Waals surface area contributed by atoms with Gasteiger partial charge in [0.2, 0.25) is 6.04 Å². The predicted molar refractivity (Wildman–Crippen MR) is 83.8 cm³/mol. The van der Waals surface area contributed by atoms with Crippen LogP contribution in [-0.2, 0) is 4.79 Å². The molecule has 0 bridgehead atoms. The summed E-state index contributed by atoms with van der Waals surface area (Å²) in [5.41, 5.74) is 10.5. The van der Waals surface area contributed by atoms with Gasteiger partial charge >= 0.3 is 0 Å². The van der Waals surface area contributed by atoms with E-state index in [1.54, 1.807) is 19.1 Å². The van der Waals surface area contributed by atoms with E-state index >= 15 is 0 Å². The van der Waals surface area contributed by atoms with Gasteiger partial charge in [-0.3, -0.25) is 14.9 Å². The largest absolute Gasteiger partial charge is 0.399 e. The summed E-state index contributed by atoms with van der Waals surface area (Å²) < 4.78 is 0. The lowest BCUT2D eigenvalue weighted by atomic mass is 10.0. The lowest BCUT2D eigenvalue weighted by Crippen LogP contribution is -2.24. The summed E-state index contributed by atoms with van der Waals surface area (Å²) in [6.45, 7) is 1.76. The van der Waals surface area contributed by atoms with Crippen LogP contribution in [-0.4, -0.2) is 22.6 Å². The van der Waals surface area contributed by atoms with Crippen LogP contribution in [0.2, 0.25) is 0 Å². The molecule has 1 aliphatic carbocycles. The maximum absolute atomic E-state index is 11.9. The number of nitro groups is 1. The molecule has 2 rings (SSSR count). The third kappa shape index (κ3) is 3.78. The maximum atomic E-state index is 11.9. The van der Waals surface area contributed by atoms with Gasteiger partial charge in [0.15, 0.2) is 0 Å². The average molecular weight is 300 g/mol. The van der Waals surface area contributed by atoms with Crippen molar-refractivity contribution in [1.29, 1.82) is 0 Å². The molecule has 0 heterocycles. The Bertz CT molecular complexity index is 675. The molecule has 0 aromatic heterocycles. The Morgan fingerprint density at radius 2 is 2.09 bits per heavy atom. The molecule has 3 N–H and O–H groups in total. The van der Waals surface area contributed by atoms with Gasteiger partial charge in [-0.05, 0) is 36.8 Å². The van der Waals surface area contributed by atoms with Crippen LogP contribution in [0.15, 0.2) is 53.2 Å². The zero-order valence-electron chi connectivity index (χ0n) is 12.0. The van der Waals surface area contributed by atoms with Gasteiger partial charge < -0.3 is 5.73 Å². The van der Waals surface area contributed by atoms with E-state index in [0.29, 0.717) is 17.0 Å². The first kappa shape index (κ1) is 15.4. The average Bonchev–Trinajstić information content (AvgIpc) is 2.53. The molecule has 1 aromatic rings. The van der Waals surface area contributed by atoms with Gasteiger partial charge in [-0.15, -0.1) is 0 Å². The molecule has 114 valence electrons. The maximum Gasteiger partial charge on any atom is 0.271 e. The second-order valence-electron chi connectivity index (χ2n) is 4.87. The number of nitrogens with zero attached hydrogens (tertiary/aromatic N) is 2. The summed E-state index contributed by atoms with van der Waals surface area (Å²) in [7, 11) is 0. The smallest absolute Gasteiger partial charge is 0.271 e. The zero-order chi connectivity index (χ0) is 16.1. The van der Waals surface area contributed by atoms with Crippen LogP contribution in [0.5, 0.6) is 0 Å². The van der Waals surface area contributed by atoms with Crippen molar-refractivity contribution in [2.45, 2.75) is 19.4 Å². The Morgan fingerprint density at radius 1 is 1.41 bits per heavy atom. The quantitative estimate of drug-likeness (QED) is 0.381. The summed E-state index contributed by atoms with van der Waals surface area (Å²) in [5, 5.41) is 14.6. The topological polar surface area (TPSA) is 111 Å². The Labute approximate surface area is 127 Å². The molecule has 1 aliphatic rings. The fourth-order valence-corrected chi connectivity index (χ4v) is 1.92. The van der Waals surface area contributed by atoms with E-state index < -0.39 is 11.9 Å². The van der Waals surface area contributed by atoms with Crippen LogP contribution in [0.4, 0.5) is 5.69 Å². The van der Waals surface area contributed by atoms with E-state index in [2.05, 4.69) is 10.5 Å². The highest BCUT2D eigenvalue weighted by molar-refractivity contribution is 6.01. The molecule has 0 unspecified atom stereocenters. The highest BCUT2D eigenvalue weighted by atomic mass is 16.6. The van der Waals surface area contributed by atoms with Crippen molar-refractivity contribution >= 4 is 17.3 Å². The molecule has 0 saturated heterocycles. The van der Waals surface area contributed by atoms with E-state index in [1.165, 1.54) is 18.2 Å². The number of nitrogens with two attached hydrogens (primary N) is 1. The van der Waals surface area contributed by atoms with Crippen LogP contribution >= 0.6 is 0 Å². The number of anilines is 1. The number of carbonyl (C=O) groups excluding carboxylic acids is 1. The highest BCUT2D eigenvalue weighted by Crippen LogP contribution is 2.13. The molecule has 0 spiro atoms. The number of nitrogen functional groups attached to an aromatic ring is 1. The number of amides is 1. The number of rotatable bonds is 4. The fourth-order valence-electron chi connectivity index (χ4n) is 1.92. The molecule has 7 heteroatoms. The summed E-state index contributed by atoms with van der Waals surface area (Å²) >= 11 is 0. The summed E-state index contributed by atoms with van der Waals surface area (Å²) in [4.78, 5) is 22.2. The molecular weight excluding hydrogens is 284 g/mol. The van der Waals surface area contributed by atoms with Crippen molar-refractivity contribution in [3.8, 4) is 0 Å². The van der Waals surface area contributed by atoms with Crippen LogP contribution < -0.4 is 11.2 Å². The number of benzene rings is 1. The predicted octanol–water partition coefficient (Wildman–Crippen LogP) is 1.64. The van der Waals surface area contributed by atoms with E-state index in [-0.39, 0.29) is 11.3 Å². The number of hydrogen-bond donors (Lipinski definition) is 2. The van der Waals surface area contributed by atoms with Crippen molar-refractivity contribution in [1.82, 2.24) is 5.43 Å². The standard InChI is InChI=1S/C15H16N4O3/c1-10(11-2-6-13(16)7-3-11)17-18-15(20)12-4-8-14(9-5-12)19(21)22/h2-8,14H,9,16H2,1H3,(H,18,20)/b17-10-/t14-/m1/s1. The minimum Gasteiger partial charge on any atom is -0.399 e. The van der Waals surface area contributed by atoms with Gasteiger partial charge in [0, 0.05) is 22.6 Å². The van der Waals surface area contributed by atoms with Crippen LogP contribution in [0.25, 0.3) is 0 Å².